The maximum Gasteiger partial charge on any atom is 0.508 e. The molecule has 1 heterocycles. The number of nitro groups is 2. The topological polar surface area (TPSA) is 195 Å². The first-order chi connectivity index (χ1) is 36.5. The van der Waals surface area contributed by atoms with Gasteiger partial charge in [0.1, 0.15) is 31.3 Å². The monoisotopic (exact) mass is 1070 g/mol. The van der Waals surface area contributed by atoms with E-state index >= 15 is 9.59 Å². The molecule has 0 aromatic heterocycles. The van der Waals surface area contributed by atoms with Gasteiger partial charge in [-0.15, -0.1) is 0 Å². The Balaban J connectivity index is 1.29. The smallest absolute Gasteiger partial charge is 0.456 e. The number of hydrogen-bond donors (Lipinski definition) is 0. The molecule has 0 spiro atoms. The summed E-state index contributed by atoms with van der Waals surface area (Å²) in [4.78, 5) is 84.3. The van der Waals surface area contributed by atoms with Crippen molar-refractivity contribution in [2.45, 2.75) is 57.8 Å². The maximum atomic E-state index is 16.4. The van der Waals surface area contributed by atoms with Crippen LogP contribution >= 0.6 is 18.6 Å². The Morgan fingerprint density at radius 3 is 1.42 bits per heavy atom. The van der Waals surface area contributed by atoms with Gasteiger partial charge in [0.2, 0.25) is 11.0 Å². The second kappa shape index (κ2) is 23.7. The van der Waals surface area contributed by atoms with Crippen LogP contribution in [0.2, 0.25) is 0 Å². The minimum Gasteiger partial charge on any atom is -0.456 e. The first-order valence-corrected chi connectivity index (χ1v) is 28.1. The van der Waals surface area contributed by atoms with E-state index in [1.54, 1.807) is 0 Å². The number of rotatable bonds is 19. The van der Waals surface area contributed by atoms with Crippen LogP contribution in [-0.2, 0) is 46.2 Å². The standard InChI is InChI=1S/C58H53N3O12PSSi/c1-41(73-56(65)71-39-43-32-36-45(37-33-43)61(68)69)58(75-51(62)40-72-76(49-26-16-8-17-27-49)50-28-18-9-19-29-50)54(57(2,3)4)59(55(58)64)52(53(63)70-38-42-30-34-44(35-31-42)60(66)67)74(46-20-10-5-11-21-46,47-22-12-6-13-23-47)48-24-14-7-15-25-48/h5-37,41,54H,38-40H2,1-4H3/t41-,54-,58-/m1/s1. The molecule has 7 aromatic rings. The van der Waals surface area contributed by atoms with E-state index in [-0.39, 0.29) is 30.0 Å². The molecule has 1 amide bonds. The second-order valence-electron chi connectivity index (χ2n) is 18.8. The molecule has 18 heteroatoms. The van der Waals surface area contributed by atoms with Gasteiger partial charge in [-0.25, -0.2) is 9.59 Å². The highest BCUT2D eigenvalue weighted by atomic mass is 32.2. The predicted octanol–water partition coefficient (Wildman–Crippen LogP) is 8.49. The molecule has 1 radical (unpaired) electrons. The van der Waals surface area contributed by atoms with Crippen molar-refractivity contribution < 1.29 is 47.7 Å². The SMILES string of the molecule is C[C@@H](OC(=O)OCc1ccc([N+](=O)[O-])cc1)[C@]1(SC(=O)CO[Si](c2ccccc2)c2ccccc2)C(=O)N(C(C(=O)OCc2ccc([N+](=O)[O-])cc2)=P(c2ccccc2)(c2ccccc2)c2ccccc2)[C@@H]1C(C)(C)C. The van der Waals surface area contributed by atoms with Gasteiger partial charge in [-0.05, 0) is 74.0 Å². The van der Waals surface area contributed by atoms with Crippen molar-refractivity contribution in [3.05, 3.63) is 232 Å². The summed E-state index contributed by atoms with van der Waals surface area (Å²) >= 11 is 0.679. The van der Waals surface area contributed by atoms with Crippen LogP contribution in [-0.4, -0.2) is 75.9 Å². The van der Waals surface area contributed by atoms with Crippen LogP contribution in [0.3, 0.4) is 0 Å². The lowest BCUT2D eigenvalue weighted by Gasteiger charge is -2.62. The molecular formula is C58H53N3O12PSSi. The summed E-state index contributed by atoms with van der Waals surface area (Å²) in [6, 6.07) is 57.1. The van der Waals surface area contributed by atoms with Crippen molar-refractivity contribution >= 4 is 93.9 Å². The number of thioether (sulfide) groups is 1. The van der Waals surface area contributed by atoms with Gasteiger partial charge >= 0.3 is 12.1 Å². The number of nitrogens with zero attached hydrogens (tertiary/aromatic N) is 3. The Hall–Kier alpha value is -7.95. The third-order valence-electron chi connectivity index (χ3n) is 12.8. The van der Waals surface area contributed by atoms with E-state index in [4.69, 9.17) is 18.6 Å². The fourth-order valence-electron chi connectivity index (χ4n) is 9.45. The van der Waals surface area contributed by atoms with E-state index in [1.807, 2.05) is 172 Å². The van der Waals surface area contributed by atoms with E-state index < -0.39 is 77.8 Å². The van der Waals surface area contributed by atoms with Crippen molar-refractivity contribution in [1.29, 1.82) is 0 Å². The highest BCUT2D eigenvalue weighted by Gasteiger charge is 2.71. The fraction of sp³-hybridized carbons (Fsp3) is 0.190. The van der Waals surface area contributed by atoms with Crippen molar-refractivity contribution in [1.82, 2.24) is 4.90 Å². The van der Waals surface area contributed by atoms with Gasteiger partial charge in [0.05, 0.1) is 15.9 Å². The zero-order valence-electron chi connectivity index (χ0n) is 41.9. The molecule has 0 saturated carbocycles. The summed E-state index contributed by atoms with van der Waals surface area (Å²) in [6.45, 7) is 2.44. The van der Waals surface area contributed by atoms with Crippen LogP contribution in [0.1, 0.15) is 38.8 Å². The van der Waals surface area contributed by atoms with Crippen molar-refractivity contribution in [3.63, 3.8) is 0 Å². The summed E-state index contributed by atoms with van der Waals surface area (Å²) in [5.41, 5.74) is -0.459. The fourth-order valence-corrected chi connectivity index (χ4v) is 17.3. The highest BCUT2D eigenvalue weighted by Crippen LogP contribution is 2.57. The minimum absolute atomic E-state index is 0.0190. The summed E-state index contributed by atoms with van der Waals surface area (Å²) < 4.78 is 22.6. The van der Waals surface area contributed by atoms with Crippen LogP contribution in [0.5, 0.6) is 0 Å². The molecule has 8 rings (SSSR count). The Morgan fingerprint density at radius 1 is 0.632 bits per heavy atom. The average molecular weight is 1080 g/mol. The summed E-state index contributed by atoms with van der Waals surface area (Å²) in [5.74, 6) is -1.60. The number of carbonyl (C=O) groups excluding carboxylic acids is 4. The quantitative estimate of drug-likeness (QED) is 0.0187. The Bertz CT molecular complexity index is 3120. The van der Waals surface area contributed by atoms with E-state index in [0.717, 1.165) is 10.4 Å². The van der Waals surface area contributed by atoms with Gasteiger partial charge in [0, 0.05) is 31.2 Å². The molecule has 1 aliphatic heterocycles. The van der Waals surface area contributed by atoms with Crippen molar-refractivity contribution in [3.8, 4) is 0 Å². The van der Waals surface area contributed by atoms with Crippen molar-refractivity contribution in [2.24, 2.45) is 5.41 Å². The molecule has 1 fully saturated rings. The molecular weight excluding hydrogens is 1020 g/mol. The zero-order valence-corrected chi connectivity index (χ0v) is 44.6. The van der Waals surface area contributed by atoms with Gasteiger partial charge in [0.15, 0.2) is 4.75 Å². The van der Waals surface area contributed by atoms with Crippen LogP contribution in [0, 0.1) is 25.6 Å². The van der Waals surface area contributed by atoms with Gasteiger partial charge < -0.3 is 18.6 Å². The molecule has 7 aromatic carbocycles. The lowest BCUT2D eigenvalue weighted by Crippen LogP contribution is -2.82. The summed E-state index contributed by atoms with van der Waals surface area (Å²) in [6.07, 6.45) is -2.60. The number of carbonyl (C=O) groups is 4. The van der Waals surface area contributed by atoms with Gasteiger partial charge in [0.25, 0.3) is 20.4 Å². The summed E-state index contributed by atoms with van der Waals surface area (Å²) in [7, 11) is -2.02. The van der Waals surface area contributed by atoms with Gasteiger partial charge in [-0.3, -0.25) is 34.7 Å². The molecule has 0 bridgehead atoms. The maximum absolute atomic E-state index is 16.4. The average Bonchev–Trinajstić information content (AvgIpc) is 3.61. The second-order valence-corrected chi connectivity index (χ2v) is 25.5. The minimum atomic E-state index is -3.56. The molecule has 0 N–H and O–H groups in total. The first kappa shape index (κ1) is 54.3. The summed E-state index contributed by atoms with van der Waals surface area (Å²) in [5, 5.41) is 26.2. The van der Waals surface area contributed by atoms with Crippen molar-refractivity contribution in [2.75, 3.05) is 6.61 Å². The molecule has 15 nitrogen and oxygen atoms in total. The third kappa shape index (κ3) is 11.5. The Kier molecular flexibility index (Phi) is 16.9. The predicted molar refractivity (Wildman–Crippen MR) is 296 cm³/mol. The van der Waals surface area contributed by atoms with E-state index in [0.29, 0.717) is 38.8 Å². The highest BCUT2D eigenvalue weighted by molar-refractivity contribution is 8.15. The number of hydrogen-bond acceptors (Lipinski definition) is 13. The van der Waals surface area contributed by atoms with E-state index in [9.17, 15) is 29.8 Å². The molecule has 387 valence electrons. The number of ether oxygens (including phenoxy) is 3. The number of benzene rings is 7. The van der Waals surface area contributed by atoms with E-state index in [2.05, 4.69) is 0 Å². The molecule has 3 atom stereocenters. The Morgan fingerprint density at radius 2 is 1.03 bits per heavy atom. The molecule has 1 aliphatic rings. The first-order valence-electron chi connectivity index (χ1n) is 24.1. The molecule has 0 aliphatic carbocycles. The molecule has 0 unspecified atom stereocenters. The lowest BCUT2D eigenvalue weighted by molar-refractivity contribution is -0.385. The molecule has 1 saturated heterocycles. The van der Waals surface area contributed by atoms with Gasteiger partial charge in [-0.1, -0.05) is 184 Å². The number of nitro benzene ring substituents is 2. The number of esters is 1. The zero-order chi connectivity index (χ0) is 54.0. The van der Waals surface area contributed by atoms with Crippen LogP contribution in [0.15, 0.2) is 200 Å². The largest absolute Gasteiger partial charge is 0.508 e. The van der Waals surface area contributed by atoms with Crippen LogP contribution in [0.4, 0.5) is 16.2 Å². The van der Waals surface area contributed by atoms with Crippen LogP contribution in [0.25, 0.3) is 0 Å². The third-order valence-corrected chi connectivity index (χ3v) is 20.6. The lowest BCUT2D eigenvalue weighted by atomic mass is 9.68. The number of β-lactam (4-membered cyclic amide) rings is 1. The normalized spacial score (nSPS) is 15.7. The Labute approximate surface area is 445 Å². The number of likely N-dealkylation sites (tertiary alicyclic amines) is 1. The number of amides is 1. The van der Waals surface area contributed by atoms with Gasteiger partial charge in [-0.2, -0.15) is 0 Å². The van der Waals surface area contributed by atoms with Crippen LogP contribution < -0.4 is 26.3 Å². The molecule has 76 heavy (non-hydrogen) atoms. The number of non-ortho nitro benzene ring substituents is 2. The van der Waals surface area contributed by atoms with E-state index in [1.165, 1.54) is 60.4 Å².